The quantitative estimate of drug-likeness (QED) is 0.333. The van der Waals surface area contributed by atoms with Gasteiger partial charge in [0.25, 0.3) is 11.8 Å². The molecule has 0 bridgehead atoms. The first kappa shape index (κ1) is 24.6. The van der Waals surface area contributed by atoms with Crippen molar-refractivity contribution in [1.82, 2.24) is 0 Å². The number of hydrogen-bond donors (Lipinski definition) is 2. The van der Waals surface area contributed by atoms with Crippen LogP contribution in [-0.4, -0.2) is 18.4 Å². The molecule has 6 nitrogen and oxygen atoms in total. The minimum atomic E-state index is -0.517. The molecule has 0 saturated carbocycles. The third-order valence-corrected chi connectivity index (χ3v) is 5.35. The number of ether oxygens (including phenoxy) is 1. The fourth-order valence-electron chi connectivity index (χ4n) is 3.14. The molecule has 3 aromatic rings. The van der Waals surface area contributed by atoms with Crippen LogP contribution < -0.4 is 15.4 Å². The molecule has 0 saturated heterocycles. The van der Waals surface area contributed by atoms with Gasteiger partial charge in [-0.05, 0) is 73.4 Å². The number of halogens is 1. The fourth-order valence-corrected chi connectivity index (χ4v) is 3.39. The van der Waals surface area contributed by atoms with Crippen LogP contribution in [0.5, 0.6) is 5.75 Å². The van der Waals surface area contributed by atoms with Crippen LogP contribution in [0.25, 0.3) is 6.08 Å². The van der Waals surface area contributed by atoms with Gasteiger partial charge in [0, 0.05) is 11.4 Å². The number of para-hydroxylation sites is 1. The van der Waals surface area contributed by atoms with Crippen LogP contribution in [-0.2, 0) is 9.59 Å². The summed E-state index contributed by atoms with van der Waals surface area (Å²) in [6.07, 6.45) is 1.44. The number of carbonyl (C=O) groups excluding carboxylic acids is 2. The van der Waals surface area contributed by atoms with Crippen molar-refractivity contribution in [2.24, 2.45) is 0 Å². The van der Waals surface area contributed by atoms with Gasteiger partial charge in [-0.2, -0.15) is 5.26 Å². The first-order chi connectivity index (χ1) is 16.3. The van der Waals surface area contributed by atoms with Crippen LogP contribution in [0.2, 0.25) is 5.02 Å². The van der Waals surface area contributed by atoms with Crippen LogP contribution in [0.15, 0.2) is 66.2 Å². The predicted molar refractivity (Wildman–Crippen MR) is 135 cm³/mol. The third-order valence-electron chi connectivity index (χ3n) is 5.05. The van der Waals surface area contributed by atoms with Crippen LogP contribution in [0.3, 0.4) is 0 Å². The highest BCUT2D eigenvalue weighted by atomic mass is 35.5. The summed E-state index contributed by atoms with van der Waals surface area (Å²) in [5, 5.41) is 15.3. The van der Waals surface area contributed by atoms with E-state index in [1.807, 2.05) is 57.2 Å². The molecule has 2 amide bonds. The molecule has 3 rings (SSSR count). The summed E-state index contributed by atoms with van der Waals surface area (Å²) >= 11 is 6.31. The number of benzene rings is 3. The standard InChI is InChI=1S/C27H24ClN3O3/c1-17-8-9-19(3)24(12-17)30-26(32)16-34-25-11-10-20(14-22(25)28)13-21(15-29)27(33)31-23-7-5-4-6-18(23)2/h4-14H,16H2,1-3H3,(H,30,32)(H,31,33)/b21-13-. The Bertz CT molecular complexity index is 1310. The summed E-state index contributed by atoms with van der Waals surface area (Å²) in [5.74, 6) is -0.512. The smallest absolute Gasteiger partial charge is 0.266 e. The van der Waals surface area contributed by atoms with Gasteiger partial charge in [0.05, 0.1) is 5.02 Å². The average Bonchev–Trinajstić information content (AvgIpc) is 2.80. The van der Waals surface area contributed by atoms with Gasteiger partial charge < -0.3 is 15.4 Å². The Labute approximate surface area is 203 Å². The second-order valence-electron chi connectivity index (χ2n) is 7.78. The Morgan fingerprint density at radius 1 is 0.971 bits per heavy atom. The summed E-state index contributed by atoms with van der Waals surface area (Å²) in [7, 11) is 0. The number of hydrogen-bond acceptors (Lipinski definition) is 4. The van der Waals surface area contributed by atoms with Crippen LogP contribution in [0.4, 0.5) is 11.4 Å². The van der Waals surface area contributed by atoms with Crippen molar-refractivity contribution in [3.05, 3.63) is 93.5 Å². The topological polar surface area (TPSA) is 91.2 Å². The maximum absolute atomic E-state index is 12.5. The van der Waals surface area contributed by atoms with E-state index in [1.165, 1.54) is 6.08 Å². The van der Waals surface area contributed by atoms with E-state index < -0.39 is 5.91 Å². The zero-order valence-electron chi connectivity index (χ0n) is 19.1. The molecule has 0 aliphatic carbocycles. The van der Waals surface area contributed by atoms with Gasteiger partial charge in [-0.1, -0.05) is 48.0 Å². The van der Waals surface area contributed by atoms with E-state index >= 15 is 0 Å². The lowest BCUT2D eigenvalue weighted by atomic mass is 10.1. The highest BCUT2D eigenvalue weighted by molar-refractivity contribution is 6.32. The molecule has 0 heterocycles. The fraction of sp³-hybridized carbons (Fsp3) is 0.148. The minimum absolute atomic E-state index is 0.0686. The molecule has 0 unspecified atom stereocenters. The van der Waals surface area contributed by atoms with E-state index in [4.69, 9.17) is 16.3 Å². The summed E-state index contributed by atoms with van der Waals surface area (Å²) in [4.78, 5) is 24.8. The number of aryl methyl sites for hydroxylation is 3. The summed E-state index contributed by atoms with van der Waals surface area (Å²) in [6.45, 7) is 5.51. The van der Waals surface area contributed by atoms with Gasteiger partial charge >= 0.3 is 0 Å². The predicted octanol–water partition coefficient (Wildman–Crippen LogP) is 5.83. The molecule has 0 spiro atoms. The normalized spacial score (nSPS) is 10.9. The van der Waals surface area contributed by atoms with E-state index in [9.17, 15) is 14.9 Å². The molecule has 0 radical (unpaired) electrons. The number of anilines is 2. The molecule has 3 aromatic carbocycles. The van der Waals surface area contributed by atoms with Gasteiger partial charge in [0.15, 0.2) is 6.61 Å². The van der Waals surface area contributed by atoms with Gasteiger partial charge in [-0.15, -0.1) is 0 Å². The van der Waals surface area contributed by atoms with Gasteiger partial charge in [-0.3, -0.25) is 9.59 Å². The number of nitriles is 1. The lowest BCUT2D eigenvalue weighted by molar-refractivity contribution is -0.118. The van der Waals surface area contributed by atoms with E-state index in [0.717, 1.165) is 22.4 Å². The molecule has 34 heavy (non-hydrogen) atoms. The van der Waals surface area contributed by atoms with Crippen molar-refractivity contribution in [2.75, 3.05) is 17.2 Å². The summed E-state index contributed by atoms with van der Waals surface area (Å²) in [5.41, 5.74) is 4.72. The van der Waals surface area contributed by atoms with Crippen molar-refractivity contribution >= 4 is 40.9 Å². The van der Waals surface area contributed by atoms with E-state index in [2.05, 4.69) is 10.6 Å². The first-order valence-electron chi connectivity index (χ1n) is 10.5. The molecule has 0 fully saturated rings. The van der Waals surface area contributed by atoms with Crippen molar-refractivity contribution in [1.29, 1.82) is 5.26 Å². The zero-order valence-corrected chi connectivity index (χ0v) is 19.9. The molecule has 0 aliphatic rings. The van der Waals surface area contributed by atoms with E-state index in [-0.39, 0.29) is 23.1 Å². The molecular weight excluding hydrogens is 450 g/mol. The Morgan fingerprint density at radius 2 is 1.71 bits per heavy atom. The Hall–Kier alpha value is -4.08. The summed E-state index contributed by atoms with van der Waals surface area (Å²) in [6, 6.07) is 19.8. The number of rotatable bonds is 7. The minimum Gasteiger partial charge on any atom is -0.482 e. The molecule has 172 valence electrons. The Morgan fingerprint density at radius 3 is 2.41 bits per heavy atom. The average molecular weight is 474 g/mol. The van der Waals surface area contributed by atoms with Gasteiger partial charge in [0.2, 0.25) is 0 Å². The largest absolute Gasteiger partial charge is 0.482 e. The highest BCUT2D eigenvalue weighted by Crippen LogP contribution is 2.27. The van der Waals surface area contributed by atoms with Crippen molar-refractivity contribution in [2.45, 2.75) is 20.8 Å². The second-order valence-corrected chi connectivity index (χ2v) is 8.19. The lowest BCUT2D eigenvalue weighted by Gasteiger charge is -2.11. The van der Waals surface area contributed by atoms with Crippen molar-refractivity contribution in [3.63, 3.8) is 0 Å². The number of amides is 2. The van der Waals surface area contributed by atoms with E-state index in [0.29, 0.717) is 17.0 Å². The second kappa shape index (κ2) is 11.2. The number of nitrogens with one attached hydrogen (secondary N) is 2. The zero-order chi connectivity index (χ0) is 24.7. The molecular formula is C27H24ClN3O3. The third kappa shape index (κ3) is 6.47. The first-order valence-corrected chi connectivity index (χ1v) is 10.9. The van der Waals surface area contributed by atoms with Gasteiger partial charge in [-0.25, -0.2) is 0 Å². The molecule has 0 aliphatic heterocycles. The van der Waals surface area contributed by atoms with Crippen molar-refractivity contribution in [3.8, 4) is 11.8 Å². The number of carbonyl (C=O) groups is 2. The Kier molecular flexibility index (Phi) is 8.07. The maximum atomic E-state index is 12.5. The molecule has 7 heteroatoms. The van der Waals surface area contributed by atoms with Crippen LogP contribution >= 0.6 is 11.6 Å². The SMILES string of the molecule is Cc1ccc(C)c(NC(=O)COc2ccc(/C=C(/C#N)C(=O)Nc3ccccc3C)cc2Cl)c1. The number of nitrogens with zero attached hydrogens (tertiary/aromatic N) is 1. The van der Waals surface area contributed by atoms with E-state index in [1.54, 1.807) is 30.3 Å². The molecule has 2 N–H and O–H groups in total. The lowest BCUT2D eigenvalue weighted by Crippen LogP contribution is -2.20. The monoisotopic (exact) mass is 473 g/mol. The molecule has 0 atom stereocenters. The van der Waals surface area contributed by atoms with Crippen LogP contribution in [0, 0.1) is 32.1 Å². The van der Waals surface area contributed by atoms with Crippen LogP contribution in [0.1, 0.15) is 22.3 Å². The van der Waals surface area contributed by atoms with Crippen molar-refractivity contribution < 1.29 is 14.3 Å². The highest BCUT2D eigenvalue weighted by Gasteiger charge is 2.12. The van der Waals surface area contributed by atoms with Gasteiger partial charge in [0.1, 0.15) is 17.4 Å². The Balaban J connectivity index is 1.65. The molecule has 0 aromatic heterocycles. The maximum Gasteiger partial charge on any atom is 0.266 e. The summed E-state index contributed by atoms with van der Waals surface area (Å²) < 4.78 is 5.56.